The van der Waals surface area contributed by atoms with Gasteiger partial charge in [-0.1, -0.05) is 31.2 Å². The molecule has 2 nitrogen and oxygen atoms in total. The number of hydrogen-bond acceptors (Lipinski definition) is 2. The molecule has 0 spiro atoms. The first-order valence-electron chi connectivity index (χ1n) is 6.65. The summed E-state index contributed by atoms with van der Waals surface area (Å²) < 4.78 is 14.1. The Morgan fingerprint density at radius 2 is 2.22 bits per heavy atom. The minimum absolute atomic E-state index is 0.118. The van der Waals surface area contributed by atoms with Crippen molar-refractivity contribution in [1.29, 1.82) is 0 Å². The number of halogens is 1. The lowest BCUT2D eigenvalue weighted by molar-refractivity contribution is 0.577. The number of hydrogen-bond donors (Lipinski definition) is 1. The maximum absolute atomic E-state index is 14.1. The van der Waals surface area contributed by atoms with Gasteiger partial charge in [0.2, 0.25) is 0 Å². The fraction of sp³-hybridized carbons (Fsp3) is 0.467. The molecule has 1 unspecified atom stereocenters. The summed E-state index contributed by atoms with van der Waals surface area (Å²) >= 11 is 0. The van der Waals surface area contributed by atoms with Gasteiger partial charge in [0.25, 0.3) is 0 Å². The lowest BCUT2D eigenvalue weighted by atomic mass is 10.0. The van der Waals surface area contributed by atoms with Crippen LogP contribution in [0.2, 0.25) is 0 Å². The summed E-state index contributed by atoms with van der Waals surface area (Å²) in [7, 11) is 0. The van der Waals surface area contributed by atoms with Crippen molar-refractivity contribution in [3.63, 3.8) is 0 Å². The van der Waals surface area contributed by atoms with Crippen LogP contribution >= 0.6 is 0 Å². The minimum Gasteiger partial charge on any atom is -0.365 e. The number of para-hydroxylation sites is 1. The highest BCUT2D eigenvalue weighted by molar-refractivity contribution is 5.57. The van der Waals surface area contributed by atoms with Crippen LogP contribution in [0, 0.1) is 5.82 Å². The number of rotatable bonds is 4. The number of nitrogens with zero attached hydrogens (tertiary/aromatic N) is 1. The zero-order valence-corrected chi connectivity index (χ0v) is 11.1. The van der Waals surface area contributed by atoms with E-state index in [0.29, 0.717) is 0 Å². The lowest BCUT2D eigenvalue weighted by Gasteiger charge is -2.30. The summed E-state index contributed by atoms with van der Waals surface area (Å²) in [5.41, 5.74) is 1.81. The van der Waals surface area contributed by atoms with E-state index in [1.165, 1.54) is 0 Å². The molecular weight excluding hydrogens is 227 g/mol. The van der Waals surface area contributed by atoms with Crippen LogP contribution in [0.15, 0.2) is 30.4 Å². The van der Waals surface area contributed by atoms with Crippen LogP contribution in [0.25, 0.3) is 0 Å². The van der Waals surface area contributed by atoms with Gasteiger partial charge >= 0.3 is 0 Å². The topological polar surface area (TPSA) is 15.3 Å². The van der Waals surface area contributed by atoms with Crippen molar-refractivity contribution in [2.75, 3.05) is 24.5 Å². The second-order valence-electron chi connectivity index (χ2n) is 4.66. The molecule has 0 saturated heterocycles. The molecule has 1 aliphatic rings. The van der Waals surface area contributed by atoms with Gasteiger partial charge in [0.05, 0.1) is 5.69 Å². The van der Waals surface area contributed by atoms with Gasteiger partial charge < -0.3 is 10.2 Å². The fourth-order valence-corrected chi connectivity index (χ4v) is 2.48. The van der Waals surface area contributed by atoms with E-state index >= 15 is 0 Å². The van der Waals surface area contributed by atoms with Crippen molar-refractivity contribution >= 4 is 5.69 Å². The van der Waals surface area contributed by atoms with Crippen LogP contribution in [0.1, 0.15) is 31.9 Å². The molecule has 0 aliphatic carbocycles. The van der Waals surface area contributed by atoms with E-state index in [9.17, 15) is 4.39 Å². The highest BCUT2D eigenvalue weighted by atomic mass is 19.1. The fourth-order valence-electron chi connectivity index (χ4n) is 2.48. The van der Waals surface area contributed by atoms with Gasteiger partial charge in [-0.25, -0.2) is 4.39 Å². The molecule has 1 heterocycles. The first-order chi connectivity index (χ1) is 8.74. The smallest absolute Gasteiger partial charge is 0.146 e. The summed E-state index contributed by atoms with van der Waals surface area (Å²) in [5.74, 6) is -0.118. The largest absolute Gasteiger partial charge is 0.365 e. The van der Waals surface area contributed by atoms with Gasteiger partial charge in [0.15, 0.2) is 0 Å². The Bertz CT molecular complexity index is 429. The van der Waals surface area contributed by atoms with Crippen LogP contribution in [-0.4, -0.2) is 19.6 Å². The monoisotopic (exact) mass is 248 g/mol. The summed E-state index contributed by atoms with van der Waals surface area (Å²) in [6.07, 6.45) is 5.26. The SMILES string of the molecule is CCNC(C)c1cccc(F)c1N1CC=CCC1. The van der Waals surface area contributed by atoms with Gasteiger partial charge in [0, 0.05) is 19.1 Å². The van der Waals surface area contributed by atoms with Crippen LogP contribution in [0.3, 0.4) is 0 Å². The van der Waals surface area contributed by atoms with E-state index in [1.54, 1.807) is 12.1 Å². The molecule has 0 radical (unpaired) electrons. The zero-order chi connectivity index (χ0) is 13.0. The number of nitrogens with one attached hydrogen (secondary N) is 1. The summed E-state index contributed by atoms with van der Waals surface area (Å²) in [5, 5.41) is 3.36. The minimum atomic E-state index is -0.118. The van der Waals surface area contributed by atoms with E-state index in [0.717, 1.165) is 37.3 Å². The van der Waals surface area contributed by atoms with Crippen molar-refractivity contribution in [3.8, 4) is 0 Å². The van der Waals surface area contributed by atoms with E-state index in [2.05, 4.69) is 36.2 Å². The van der Waals surface area contributed by atoms with Crippen LogP contribution in [0.4, 0.5) is 10.1 Å². The molecule has 0 amide bonds. The first kappa shape index (κ1) is 13.1. The Balaban J connectivity index is 2.34. The van der Waals surface area contributed by atoms with E-state index in [4.69, 9.17) is 0 Å². The molecule has 1 aromatic carbocycles. The molecule has 3 heteroatoms. The highest BCUT2D eigenvalue weighted by Gasteiger charge is 2.19. The summed E-state index contributed by atoms with van der Waals surface area (Å²) in [4.78, 5) is 2.12. The Morgan fingerprint density at radius 1 is 1.39 bits per heavy atom. The molecule has 0 fully saturated rings. The average molecular weight is 248 g/mol. The molecule has 0 aromatic heterocycles. The molecule has 18 heavy (non-hydrogen) atoms. The molecule has 0 bridgehead atoms. The lowest BCUT2D eigenvalue weighted by Crippen LogP contribution is -2.30. The predicted octanol–water partition coefficient (Wildman–Crippen LogP) is 3.26. The predicted molar refractivity (Wildman–Crippen MR) is 74.5 cm³/mol. The maximum Gasteiger partial charge on any atom is 0.146 e. The molecule has 1 aliphatic heterocycles. The number of benzene rings is 1. The third-order valence-corrected chi connectivity index (χ3v) is 3.37. The molecule has 1 atom stereocenters. The van der Waals surface area contributed by atoms with Crippen molar-refractivity contribution in [1.82, 2.24) is 5.32 Å². The van der Waals surface area contributed by atoms with Crippen molar-refractivity contribution in [2.24, 2.45) is 0 Å². The van der Waals surface area contributed by atoms with E-state index < -0.39 is 0 Å². The molecule has 1 aromatic rings. The van der Waals surface area contributed by atoms with Gasteiger partial charge in [-0.05, 0) is 31.5 Å². The van der Waals surface area contributed by atoms with Gasteiger partial charge in [-0.15, -0.1) is 0 Å². The quantitative estimate of drug-likeness (QED) is 0.823. The second kappa shape index (κ2) is 6.01. The Hall–Kier alpha value is -1.35. The molecule has 0 saturated carbocycles. The Kier molecular flexibility index (Phi) is 4.37. The van der Waals surface area contributed by atoms with Gasteiger partial charge in [-0.3, -0.25) is 0 Å². The van der Waals surface area contributed by atoms with Crippen molar-refractivity contribution in [2.45, 2.75) is 26.3 Å². The van der Waals surface area contributed by atoms with Gasteiger partial charge in [-0.2, -0.15) is 0 Å². The molecule has 1 N–H and O–H groups in total. The zero-order valence-electron chi connectivity index (χ0n) is 11.1. The second-order valence-corrected chi connectivity index (χ2v) is 4.66. The normalized spacial score (nSPS) is 16.9. The van der Waals surface area contributed by atoms with Crippen LogP contribution < -0.4 is 10.2 Å². The third-order valence-electron chi connectivity index (χ3n) is 3.37. The average Bonchev–Trinajstić information content (AvgIpc) is 2.39. The summed E-state index contributed by atoms with van der Waals surface area (Å²) in [6, 6.07) is 5.54. The highest BCUT2D eigenvalue weighted by Crippen LogP contribution is 2.30. The van der Waals surface area contributed by atoms with Crippen molar-refractivity contribution in [3.05, 3.63) is 41.7 Å². The van der Waals surface area contributed by atoms with E-state index in [-0.39, 0.29) is 11.9 Å². The molecular formula is C15H21FN2. The maximum atomic E-state index is 14.1. The van der Waals surface area contributed by atoms with Gasteiger partial charge in [0.1, 0.15) is 5.82 Å². The van der Waals surface area contributed by atoms with Crippen LogP contribution in [-0.2, 0) is 0 Å². The number of anilines is 1. The molecule has 98 valence electrons. The third kappa shape index (κ3) is 2.72. The van der Waals surface area contributed by atoms with Crippen LogP contribution in [0.5, 0.6) is 0 Å². The molecule has 2 rings (SSSR count). The first-order valence-corrected chi connectivity index (χ1v) is 6.65. The summed E-state index contributed by atoms with van der Waals surface area (Å²) in [6.45, 7) is 6.73. The van der Waals surface area contributed by atoms with E-state index in [1.807, 2.05) is 6.07 Å². The Labute approximate surface area is 108 Å². The Morgan fingerprint density at radius 3 is 2.89 bits per heavy atom. The standard InChI is InChI=1S/C15H21FN2/c1-3-17-12(2)13-8-7-9-14(16)15(13)18-10-5-4-6-11-18/h4-5,7-9,12,17H,3,6,10-11H2,1-2H3. The van der Waals surface area contributed by atoms with Crippen molar-refractivity contribution < 1.29 is 4.39 Å².